The summed E-state index contributed by atoms with van der Waals surface area (Å²) < 4.78 is 26.9. The first-order valence-corrected chi connectivity index (χ1v) is 7.04. The quantitative estimate of drug-likeness (QED) is 0.688. The molecule has 92 valence electrons. The molecule has 16 heavy (non-hydrogen) atoms. The van der Waals surface area contributed by atoms with Gasteiger partial charge in [0.25, 0.3) is 10.2 Å². The van der Waals surface area contributed by atoms with Crippen molar-refractivity contribution >= 4 is 10.2 Å². The van der Waals surface area contributed by atoms with Crippen LogP contribution in [0.3, 0.4) is 0 Å². The van der Waals surface area contributed by atoms with Gasteiger partial charge in [0, 0.05) is 19.6 Å². The standard InChI is InChI=1S/C10H19N3O2S/c1-3-12(9-6-11)16(14,15)13-7-4-10(2)5-8-13/h10H,3-5,7-9H2,1-2H3. The maximum atomic E-state index is 12.1. The summed E-state index contributed by atoms with van der Waals surface area (Å²) in [5.41, 5.74) is 0. The maximum Gasteiger partial charge on any atom is 0.282 e. The van der Waals surface area contributed by atoms with Crippen molar-refractivity contribution in [3.8, 4) is 6.07 Å². The minimum absolute atomic E-state index is 0.0646. The van der Waals surface area contributed by atoms with Gasteiger partial charge in [-0.25, -0.2) is 0 Å². The number of hydrogen-bond acceptors (Lipinski definition) is 3. The molecule has 1 fully saturated rings. The van der Waals surface area contributed by atoms with E-state index < -0.39 is 10.2 Å². The van der Waals surface area contributed by atoms with E-state index in [1.807, 2.05) is 6.07 Å². The van der Waals surface area contributed by atoms with Crippen molar-refractivity contribution in [2.24, 2.45) is 5.92 Å². The molecule has 1 aliphatic rings. The van der Waals surface area contributed by atoms with Gasteiger partial charge in [-0.1, -0.05) is 13.8 Å². The second-order valence-corrected chi connectivity index (χ2v) is 6.10. The summed E-state index contributed by atoms with van der Waals surface area (Å²) >= 11 is 0. The highest BCUT2D eigenvalue weighted by Gasteiger charge is 2.30. The normalized spacial score (nSPS) is 19.9. The Kier molecular flexibility index (Phi) is 4.71. The van der Waals surface area contributed by atoms with Gasteiger partial charge in [-0.2, -0.15) is 22.3 Å². The summed E-state index contributed by atoms with van der Waals surface area (Å²) in [4.78, 5) is 0. The van der Waals surface area contributed by atoms with Gasteiger partial charge in [-0.05, 0) is 18.8 Å². The highest BCUT2D eigenvalue weighted by Crippen LogP contribution is 2.20. The zero-order valence-electron chi connectivity index (χ0n) is 9.89. The van der Waals surface area contributed by atoms with Crippen molar-refractivity contribution in [2.75, 3.05) is 26.2 Å². The topological polar surface area (TPSA) is 64.4 Å². The van der Waals surface area contributed by atoms with Crippen LogP contribution < -0.4 is 0 Å². The Hall–Kier alpha value is -0.640. The van der Waals surface area contributed by atoms with Gasteiger partial charge in [0.1, 0.15) is 6.54 Å². The Morgan fingerprint density at radius 3 is 2.44 bits per heavy atom. The zero-order valence-corrected chi connectivity index (χ0v) is 10.7. The number of nitrogens with zero attached hydrogens (tertiary/aromatic N) is 3. The van der Waals surface area contributed by atoms with E-state index in [1.54, 1.807) is 6.92 Å². The van der Waals surface area contributed by atoms with E-state index in [4.69, 9.17) is 5.26 Å². The molecule has 1 saturated heterocycles. The fraction of sp³-hybridized carbons (Fsp3) is 0.900. The summed E-state index contributed by atoms with van der Waals surface area (Å²) in [5, 5.41) is 8.60. The van der Waals surface area contributed by atoms with E-state index in [0.717, 1.165) is 12.8 Å². The summed E-state index contributed by atoms with van der Waals surface area (Å²) in [6, 6.07) is 1.89. The van der Waals surface area contributed by atoms with Crippen molar-refractivity contribution in [1.29, 1.82) is 5.26 Å². The first-order valence-electron chi connectivity index (χ1n) is 5.64. The maximum absolute atomic E-state index is 12.1. The molecule has 0 bridgehead atoms. The van der Waals surface area contributed by atoms with Crippen LogP contribution in [0.15, 0.2) is 0 Å². The molecule has 1 rings (SSSR count). The molecule has 5 nitrogen and oxygen atoms in total. The van der Waals surface area contributed by atoms with Gasteiger partial charge >= 0.3 is 0 Å². The summed E-state index contributed by atoms with van der Waals surface area (Å²) in [5.74, 6) is 0.595. The van der Waals surface area contributed by atoms with Gasteiger partial charge in [-0.3, -0.25) is 0 Å². The molecule has 0 radical (unpaired) electrons. The molecule has 0 spiro atoms. The van der Waals surface area contributed by atoms with Crippen LogP contribution in [0.4, 0.5) is 0 Å². The van der Waals surface area contributed by atoms with E-state index >= 15 is 0 Å². The highest BCUT2D eigenvalue weighted by atomic mass is 32.2. The lowest BCUT2D eigenvalue weighted by molar-refractivity contribution is 0.269. The number of rotatable bonds is 4. The molecule has 0 aromatic heterocycles. The lowest BCUT2D eigenvalue weighted by atomic mass is 10.0. The average molecular weight is 245 g/mol. The summed E-state index contributed by atoms with van der Waals surface area (Å²) in [6.45, 7) is 5.32. The van der Waals surface area contributed by atoms with E-state index in [2.05, 4.69) is 6.92 Å². The van der Waals surface area contributed by atoms with Crippen LogP contribution in [-0.4, -0.2) is 43.2 Å². The third kappa shape index (κ3) is 2.94. The minimum atomic E-state index is -3.42. The molecule has 1 aliphatic heterocycles. The Balaban J connectivity index is 2.73. The van der Waals surface area contributed by atoms with Gasteiger partial charge in [0.05, 0.1) is 6.07 Å². The van der Waals surface area contributed by atoms with Gasteiger partial charge in [0.15, 0.2) is 0 Å². The predicted octanol–water partition coefficient (Wildman–Crippen LogP) is 0.809. The largest absolute Gasteiger partial charge is 0.282 e. The van der Waals surface area contributed by atoms with Crippen LogP contribution in [0.2, 0.25) is 0 Å². The van der Waals surface area contributed by atoms with Crippen LogP contribution in [0.5, 0.6) is 0 Å². The molecule has 0 aliphatic carbocycles. The van der Waals surface area contributed by atoms with E-state index in [-0.39, 0.29) is 6.54 Å². The smallest absolute Gasteiger partial charge is 0.197 e. The molecule has 0 saturated carbocycles. The summed E-state index contributed by atoms with van der Waals surface area (Å²) in [7, 11) is -3.42. The first kappa shape index (κ1) is 13.4. The molecule has 0 amide bonds. The fourth-order valence-corrected chi connectivity index (χ4v) is 3.36. The van der Waals surface area contributed by atoms with Gasteiger partial charge in [-0.15, -0.1) is 0 Å². The van der Waals surface area contributed by atoms with Crippen molar-refractivity contribution in [3.05, 3.63) is 0 Å². The molecule has 6 heteroatoms. The molecule has 0 aromatic rings. The minimum Gasteiger partial charge on any atom is -0.197 e. The molecular weight excluding hydrogens is 226 g/mol. The third-order valence-corrected chi connectivity index (χ3v) is 5.05. The van der Waals surface area contributed by atoms with Crippen LogP contribution >= 0.6 is 0 Å². The Morgan fingerprint density at radius 1 is 1.44 bits per heavy atom. The predicted molar refractivity (Wildman–Crippen MR) is 61.8 cm³/mol. The third-order valence-electron chi connectivity index (χ3n) is 2.99. The molecule has 0 unspecified atom stereocenters. The van der Waals surface area contributed by atoms with Crippen LogP contribution in [0, 0.1) is 17.2 Å². The summed E-state index contributed by atoms with van der Waals surface area (Å²) in [6.07, 6.45) is 1.81. The molecule has 0 N–H and O–H groups in total. The van der Waals surface area contributed by atoms with Crippen LogP contribution in [0.1, 0.15) is 26.7 Å². The molecule has 1 heterocycles. The van der Waals surface area contributed by atoms with E-state index in [0.29, 0.717) is 25.6 Å². The lowest BCUT2D eigenvalue weighted by Gasteiger charge is -2.32. The zero-order chi connectivity index (χ0) is 12.2. The van der Waals surface area contributed by atoms with Crippen molar-refractivity contribution in [1.82, 2.24) is 8.61 Å². The monoisotopic (exact) mass is 245 g/mol. The highest BCUT2D eigenvalue weighted by molar-refractivity contribution is 7.86. The van der Waals surface area contributed by atoms with Crippen LogP contribution in [0.25, 0.3) is 0 Å². The second kappa shape index (κ2) is 5.62. The van der Waals surface area contributed by atoms with Crippen molar-refractivity contribution in [2.45, 2.75) is 26.7 Å². The number of hydrogen-bond donors (Lipinski definition) is 0. The second-order valence-electron chi connectivity index (χ2n) is 4.17. The Morgan fingerprint density at radius 2 is 2.00 bits per heavy atom. The SMILES string of the molecule is CCN(CC#N)S(=O)(=O)N1CCC(C)CC1. The van der Waals surface area contributed by atoms with Crippen LogP contribution in [-0.2, 0) is 10.2 Å². The first-order chi connectivity index (χ1) is 7.52. The number of nitriles is 1. The van der Waals surface area contributed by atoms with E-state index in [1.165, 1.54) is 8.61 Å². The Labute approximate surface area is 97.8 Å². The van der Waals surface area contributed by atoms with E-state index in [9.17, 15) is 8.42 Å². The van der Waals surface area contributed by atoms with Crippen molar-refractivity contribution in [3.63, 3.8) is 0 Å². The Bertz CT molecular complexity index is 353. The lowest BCUT2D eigenvalue weighted by Crippen LogP contribution is -2.47. The molecule has 0 aromatic carbocycles. The molecule has 0 atom stereocenters. The average Bonchev–Trinajstić information content (AvgIpc) is 2.26. The van der Waals surface area contributed by atoms with Crippen molar-refractivity contribution < 1.29 is 8.42 Å². The van der Waals surface area contributed by atoms with Gasteiger partial charge < -0.3 is 0 Å². The molecular formula is C10H19N3O2S. The fourth-order valence-electron chi connectivity index (χ4n) is 1.81. The van der Waals surface area contributed by atoms with Gasteiger partial charge in [0.2, 0.25) is 0 Å². The number of piperidine rings is 1.